The fraction of sp³-hybridized carbons (Fsp3) is 0.0909. The molecule has 2 aromatic carbocycles. The molecule has 0 aliphatic heterocycles. The minimum absolute atomic E-state index is 0.344. The zero-order valence-electron chi connectivity index (χ0n) is 7.59. The molecule has 0 heterocycles. The largest absolute Gasteiger partial charge is 0.350 e. The summed E-state index contributed by atoms with van der Waals surface area (Å²) in [5.41, 5.74) is 0.999. The van der Waals surface area contributed by atoms with Crippen LogP contribution in [0.25, 0.3) is 10.8 Å². The van der Waals surface area contributed by atoms with Crippen molar-refractivity contribution in [1.82, 2.24) is 0 Å². The molecule has 2 aromatic rings. The number of benzene rings is 2. The van der Waals surface area contributed by atoms with Gasteiger partial charge in [-0.3, -0.25) is 0 Å². The fourth-order valence-corrected chi connectivity index (χ4v) is 2.16. The first kappa shape index (κ1) is 9.60. The van der Waals surface area contributed by atoms with Crippen molar-refractivity contribution >= 4 is 19.1 Å². The van der Waals surface area contributed by atoms with Crippen molar-refractivity contribution in [3.63, 3.8) is 0 Å². The zero-order valence-corrected chi connectivity index (χ0v) is 8.48. The maximum atomic E-state index is 8.99. The van der Waals surface area contributed by atoms with E-state index in [1.165, 1.54) is 0 Å². The summed E-state index contributed by atoms with van der Waals surface area (Å²) < 4.78 is 0. The van der Waals surface area contributed by atoms with E-state index in [-0.39, 0.29) is 0 Å². The fourth-order valence-electron chi connectivity index (χ4n) is 1.58. The van der Waals surface area contributed by atoms with Gasteiger partial charge in [0.25, 0.3) is 0 Å². The second-order valence-electron chi connectivity index (χ2n) is 3.17. The Hall–Kier alpha value is -0.950. The average Bonchev–Trinajstić information content (AvgIpc) is 2.18. The van der Waals surface area contributed by atoms with Crippen molar-refractivity contribution in [2.75, 3.05) is 0 Å². The maximum absolute atomic E-state index is 8.99. The summed E-state index contributed by atoms with van der Waals surface area (Å²) in [7, 11) is -1.85. The van der Waals surface area contributed by atoms with E-state index in [1.54, 1.807) is 0 Å². The first-order valence-corrected chi connectivity index (χ1v) is 5.82. The highest BCUT2D eigenvalue weighted by molar-refractivity contribution is 7.44. The third-order valence-corrected chi connectivity index (χ3v) is 2.82. The van der Waals surface area contributed by atoms with E-state index in [0.717, 1.165) is 16.3 Å². The van der Waals surface area contributed by atoms with Crippen LogP contribution in [0.3, 0.4) is 0 Å². The van der Waals surface area contributed by atoms with Crippen molar-refractivity contribution in [2.24, 2.45) is 0 Å². The monoisotopic (exact) mass is 206 g/mol. The van der Waals surface area contributed by atoms with Crippen LogP contribution in [0.1, 0.15) is 5.56 Å². The Kier molecular flexibility index (Phi) is 2.78. The molecule has 2 rings (SSSR count). The van der Waals surface area contributed by atoms with E-state index in [2.05, 4.69) is 0 Å². The van der Waals surface area contributed by atoms with E-state index in [4.69, 9.17) is 9.79 Å². The lowest BCUT2D eigenvalue weighted by atomic mass is 10.1. The predicted molar refractivity (Wildman–Crippen MR) is 59.0 cm³/mol. The lowest BCUT2D eigenvalue weighted by molar-refractivity contribution is 0.482. The van der Waals surface area contributed by atoms with Gasteiger partial charge in [0.2, 0.25) is 0 Å². The summed E-state index contributed by atoms with van der Waals surface area (Å²) in [5.74, 6) is 0. The van der Waals surface area contributed by atoms with E-state index < -0.39 is 8.38 Å². The van der Waals surface area contributed by atoms with Crippen LogP contribution < -0.4 is 0 Å². The molecule has 0 amide bonds. The molecule has 0 fully saturated rings. The summed E-state index contributed by atoms with van der Waals surface area (Å²) in [6.07, 6.45) is 0.344. The molecule has 0 spiro atoms. The quantitative estimate of drug-likeness (QED) is 0.741. The van der Waals surface area contributed by atoms with Crippen LogP contribution in [0.15, 0.2) is 42.5 Å². The van der Waals surface area contributed by atoms with Gasteiger partial charge >= 0.3 is 0 Å². The summed E-state index contributed by atoms with van der Waals surface area (Å²) in [5, 5.41) is 2.24. The summed E-state index contributed by atoms with van der Waals surface area (Å²) in [6, 6.07) is 13.9. The lowest BCUT2D eigenvalue weighted by Gasteiger charge is -2.06. The van der Waals surface area contributed by atoms with E-state index >= 15 is 0 Å². The van der Waals surface area contributed by atoms with Gasteiger partial charge in [0, 0.05) is 6.16 Å². The SMILES string of the molecule is OP(O)Cc1cccc2ccccc12. The second kappa shape index (κ2) is 4.05. The molecular formula is C11H11O2P. The highest BCUT2D eigenvalue weighted by Crippen LogP contribution is 2.32. The topological polar surface area (TPSA) is 40.5 Å². The Balaban J connectivity index is 2.53. The Labute approximate surface area is 83.7 Å². The molecular weight excluding hydrogens is 195 g/mol. The Morgan fingerprint density at radius 3 is 2.43 bits per heavy atom. The molecule has 0 atom stereocenters. The van der Waals surface area contributed by atoms with Crippen molar-refractivity contribution in [1.29, 1.82) is 0 Å². The highest BCUT2D eigenvalue weighted by atomic mass is 31.2. The van der Waals surface area contributed by atoms with Crippen LogP contribution in [0.4, 0.5) is 0 Å². The summed E-state index contributed by atoms with van der Waals surface area (Å²) in [4.78, 5) is 18.0. The van der Waals surface area contributed by atoms with Crippen molar-refractivity contribution < 1.29 is 9.79 Å². The molecule has 0 aliphatic rings. The van der Waals surface area contributed by atoms with Crippen LogP contribution >= 0.6 is 8.38 Å². The van der Waals surface area contributed by atoms with Crippen molar-refractivity contribution in [3.8, 4) is 0 Å². The van der Waals surface area contributed by atoms with Gasteiger partial charge in [-0.1, -0.05) is 42.5 Å². The van der Waals surface area contributed by atoms with E-state index in [0.29, 0.717) is 6.16 Å². The molecule has 0 radical (unpaired) electrons. The van der Waals surface area contributed by atoms with E-state index in [1.807, 2.05) is 42.5 Å². The molecule has 72 valence electrons. The molecule has 14 heavy (non-hydrogen) atoms. The smallest absolute Gasteiger partial charge is 0.169 e. The molecule has 0 aliphatic carbocycles. The molecule has 2 N–H and O–H groups in total. The van der Waals surface area contributed by atoms with Gasteiger partial charge in [0.1, 0.15) is 0 Å². The molecule has 0 bridgehead atoms. The number of rotatable bonds is 2. The van der Waals surface area contributed by atoms with Gasteiger partial charge in [-0.15, -0.1) is 0 Å². The van der Waals surface area contributed by atoms with Crippen molar-refractivity contribution in [2.45, 2.75) is 6.16 Å². The van der Waals surface area contributed by atoms with Gasteiger partial charge in [-0.05, 0) is 16.3 Å². The Morgan fingerprint density at radius 1 is 0.929 bits per heavy atom. The number of hydrogen-bond acceptors (Lipinski definition) is 2. The predicted octanol–water partition coefficient (Wildman–Crippen LogP) is 2.64. The van der Waals surface area contributed by atoms with Crippen LogP contribution in [-0.4, -0.2) is 9.79 Å². The molecule has 0 aromatic heterocycles. The van der Waals surface area contributed by atoms with Gasteiger partial charge in [0.05, 0.1) is 0 Å². The molecule has 0 saturated heterocycles. The van der Waals surface area contributed by atoms with Crippen LogP contribution in [0.5, 0.6) is 0 Å². The van der Waals surface area contributed by atoms with Gasteiger partial charge in [0.15, 0.2) is 8.38 Å². The number of hydrogen-bond donors (Lipinski definition) is 2. The average molecular weight is 206 g/mol. The molecule has 3 heteroatoms. The maximum Gasteiger partial charge on any atom is 0.169 e. The van der Waals surface area contributed by atoms with Gasteiger partial charge in [-0.25, -0.2) is 0 Å². The van der Waals surface area contributed by atoms with Gasteiger partial charge in [-0.2, -0.15) is 0 Å². The van der Waals surface area contributed by atoms with Crippen LogP contribution in [0, 0.1) is 0 Å². The van der Waals surface area contributed by atoms with Crippen LogP contribution in [-0.2, 0) is 6.16 Å². The Morgan fingerprint density at radius 2 is 1.64 bits per heavy atom. The summed E-state index contributed by atoms with van der Waals surface area (Å²) >= 11 is 0. The second-order valence-corrected chi connectivity index (χ2v) is 4.23. The molecule has 2 nitrogen and oxygen atoms in total. The first-order chi connectivity index (χ1) is 6.77. The standard InChI is InChI=1S/C11H11O2P/c12-14(13)8-10-6-3-5-9-4-1-2-7-11(9)10/h1-7,12-13H,8H2. The minimum atomic E-state index is -1.85. The van der Waals surface area contributed by atoms with Gasteiger partial charge < -0.3 is 9.79 Å². The Bertz CT molecular complexity index is 435. The normalized spacial score (nSPS) is 11.1. The van der Waals surface area contributed by atoms with Crippen LogP contribution in [0.2, 0.25) is 0 Å². The molecule has 0 saturated carbocycles. The zero-order chi connectivity index (χ0) is 9.97. The minimum Gasteiger partial charge on any atom is -0.350 e. The first-order valence-electron chi connectivity index (χ1n) is 4.39. The number of fused-ring (bicyclic) bond motifs is 1. The third kappa shape index (κ3) is 1.93. The molecule has 0 unspecified atom stereocenters. The summed E-state index contributed by atoms with van der Waals surface area (Å²) in [6.45, 7) is 0. The highest BCUT2D eigenvalue weighted by Gasteiger charge is 2.04. The van der Waals surface area contributed by atoms with Crippen molar-refractivity contribution in [3.05, 3.63) is 48.0 Å². The van der Waals surface area contributed by atoms with E-state index in [9.17, 15) is 0 Å². The third-order valence-electron chi connectivity index (χ3n) is 2.19. The lowest BCUT2D eigenvalue weighted by Crippen LogP contribution is -1.85.